The molecule has 0 saturated heterocycles. The highest BCUT2D eigenvalue weighted by Crippen LogP contribution is 1.97. The average molecular weight is 229 g/mol. The second-order valence-electron chi connectivity index (χ2n) is 3.22. The van der Waals surface area contributed by atoms with Gasteiger partial charge >= 0.3 is 0 Å². The molecule has 2 rings (SSSR count). The molecule has 80 valence electrons. The Kier molecular flexibility index (Phi) is 3.56. The smallest absolute Gasteiger partial charge is 0.125 e. The Morgan fingerprint density at radius 2 is 1.81 bits per heavy atom. The van der Waals surface area contributed by atoms with E-state index in [2.05, 4.69) is 15.3 Å². The fourth-order valence-corrected chi connectivity index (χ4v) is 1.45. The summed E-state index contributed by atoms with van der Waals surface area (Å²) in [6.07, 6.45) is 3.49. The number of nitrogens with one attached hydrogen (secondary N) is 1. The van der Waals surface area contributed by atoms with Crippen LogP contribution in [-0.2, 0) is 6.54 Å². The molecule has 0 radical (unpaired) electrons. The SMILES string of the molecule is S=C(NCc1ccccn1)c1ccccn1. The number of rotatable bonds is 3. The van der Waals surface area contributed by atoms with Crippen LogP contribution < -0.4 is 5.32 Å². The van der Waals surface area contributed by atoms with Crippen LogP contribution >= 0.6 is 12.2 Å². The Morgan fingerprint density at radius 3 is 2.44 bits per heavy atom. The van der Waals surface area contributed by atoms with Gasteiger partial charge in [0.15, 0.2) is 0 Å². The molecule has 0 fully saturated rings. The summed E-state index contributed by atoms with van der Waals surface area (Å²) in [5.41, 5.74) is 1.74. The van der Waals surface area contributed by atoms with E-state index in [0.29, 0.717) is 11.5 Å². The molecule has 2 heterocycles. The summed E-state index contributed by atoms with van der Waals surface area (Å²) >= 11 is 5.22. The molecule has 0 aliphatic carbocycles. The molecule has 0 saturated carbocycles. The summed E-state index contributed by atoms with van der Waals surface area (Å²) < 4.78 is 0. The Labute approximate surface area is 99.6 Å². The van der Waals surface area contributed by atoms with Crippen LogP contribution in [0.1, 0.15) is 11.4 Å². The largest absolute Gasteiger partial charge is 0.369 e. The van der Waals surface area contributed by atoms with Crippen molar-refractivity contribution >= 4 is 17.2 Å². The van der Waals surface area contributed by atoms with Crippen LogP contribution in [-0.4, -0.2) is 15.0 Å². The quantitative estimate of drug-likeness (QED) is 0.816. The second kappa shape index (κ2) is 5.32. The third-order valence-corrected chi connectivity index (χ3v) is 2.41. The van der Waals surface area contributed by atoms with Crippen LogP contribution in [0.2, 0.25) is 0 Å². The molecule has 0 aliphatic heterocycles. The van der Waals surface area contributed by atoms with E-state index in [-0.39, 0.29) is 0 Å². The number of thiocarbonyl (C=S) groups is 1. The van der Waals surface area contributed by atoms with Gasteiger partial charge in [-0.05, 0) is 24.3 Å². The van der Waals surface area contributed by atoms with E-state index in [1.54, 1.807) is 12.4 Å². The van der Waals surface area contributed by atoms with Crippen molar-refractivity contribution in [1.82, 2.24) is 15.3 Å². The molecule has 0 amide bonds. The first-order valence-electron chi connectivity index (χ1n) is 4.95. The average Bonchev–Trinajstić information content (AvgIpc) is 2.38. The molecule has 0 aliphatic rings. The van der Waals surface area contributed by atoms with Gasteiger partial charge in [0.2, 0.25) is 0 Å². The highest BCUT2D eigenvalue weighted by molar-refractivity contribution is 7.80. The lowest BCUT2D eigenvalue weighted by Crippen LogP contribution is -2.23. The second-order valence-corrected chi connectivity index (χ2v) is 3.63. The molecule has 0 unspecified atom stereocenters. The normalized spacial score (nSPS) is 9.75. The monoisotopic (exact) mass is 229 g/mol. The maximum absolute atomic E-state index is 5.22. The first-order chi connectivity index (χ1) is 7.86. The minimum atomic E-state index is 0.621. The summed E-state index contributed by atoms with van der Waals surface area (Å²) in [7, 11) is 0. The van der Waals surface area contributed by atoms with Gasteiger partial charge in [-0.15, -0.1) is 0 Å². The van der Waals surface area contributed by atoms with Gasteiger partial charge in [0.05, 0.1) is 17.9 Å². The van der Waals surface area contributed by atoms with Gasteiger partial charge in [0.1, 0.15) is 4.99 Å². The van der Waals surface area contributed by atoms with Gasteiger partial charge in [0, 0.05) is 12.4 Å². The van der Waals surface area contributed by atoms with Gasteiger partial charge in [-0.1, -0.05) is 24.4 Å². The number of nitrogens with zero attached hydrogens (tertiary/aromatic N) is 2. The number of pyridine rings is 2. The molecule has 0 aromatic carbocycles. The molecule has 2 aromatic heterocycles. The summed E-state index contributed by atoms with van der Waals surface area (Å²) in [4.78, 5) is 9.01. The van der Waals surface area contributed by atoms with E-state index in [1.165, 1.54) is 0 Å². The number of aromatic nitrogens is 2. The van der Waals surface area contributed by atoms with E-state index < -0.39 is 0 Å². The molecule has 2 aromatic rings. The summed E-state index contributed by atoms with van der Waals surface area (Å²) in [6, 6.07) is 11.5. The number of hydrogen-bond acceptors (Lipinski definition) is 3. The first kappa shape index (κ1) is 10.7. The van der Waals surface area contributed by atoms with Crippen LogP contribution in [0.15, 0.2) is 48.8 Å². The lowest BCUT2D eigenvalue weighted by atomic mass is 10.3. The zero-order valence-corrected chi connectivity index (χ0v) is 9.45. The van der Waals surface area contributed by atoms with Crippen molar-refractivity contribution in [2.75, 3.05) is 0 Å². The third-order valence-electron chi connectivity index (χ3n) is 2.05. The van der Waals surface area contributed by atoms with Gasteiger partial charge in [-0.25, -0.2) is 0 Å². The fourth-order valence-electron chi connectivity index (χ4n) is 1.26. The Balaban J connectivity index is 1.95. The van der Waals surface area contributed by atoms with Gasteiger partial charge in [-0.2, -0.15) is 0 Å². The van der Waals surface area contributed by atoms with Crippen molar-refractivity contribution in [2.45, 2.75) is 6.54 Å². The predicted molar refractivity (Wildman–Crippen MR) is 67.0 cm³/mol. The van der Waals surface area contributed by atoms with Crippen molar-refractivity contribution < 1.29 is 0 Å². The van der Waals surface area contributed by atoms with E-state index in [9.17, 15) is 0 Å². The summed E-state index contributed by atoms with van der Waals surface area (Å²) in [5.74, 6) is 0. The van der Waals surface area contributed by atoms with E-state index >= 15 is 0 Å². The van der Waals surface area contributed by atoms with Crippen molar-refractivity contribution in [1.29, 1.82) is 0 Å². The fraction of sp³-hybridized carbons (Fsp3) is 0.0833. The lowest BCUT2D eigenvalue weighted by molar-refractivity contribution is 0.881. The number of hydrogen-bond donors (Lipinski definition) is 1. The van der Waals surface area contributed by atoms with Crippen LogP contribution in [0.3, 0.4) is 0 Å². The van der Waals surface area contributed by atoms with Crippen molar-refractivity contribution in [3.05, 3.63) is 60.2 Å². The third kappa shape index (κ3) is 2.84. The highest BCUT2D eigenvalue weighted by Gasteiger charge is 2.00. The zero-order chi connectivity index (χ0) is 11.2. The molecular weight excluding hydrogens is 218 g/mol. The first-order valence-corrected chi connectivity index (χ1v) is 5.36. The Bertz CT molecular complexity index is 456. The van der Waals surface area contributed by atoms with E-state index in [1.807, 2.05) is 36.4 Å². The van der Waals surface area contributed by atoms with E-state index in [0.717, 1.165) is 11.4 Å². The topological polar surface area (TPSA) is 37.8 Å². The summed E-state index contributed by atoms with van der Waals surface area (Å²) in [6.45, 7) is 0.621. The minimum absolute atomic E-state index is 0.621. The Morgan fingerprint density at radius 1 is 1.06 bits per heavy atom. The molecule has 16 heavy (non-hydrogen) atoms. The highest BCUT2D eigenvalue weighted by atomic mass is 32.1. The molecule has 0 spiro atoms. The predicted octanol–water partition coefficient (Wildman–Crippen LogP) is 1.94. The molecular formula is C12H11N3S. The molecule has 0 bridgehead atoms. The zero-order valence-electron chi connectivity index (χ0n) is 8.63. The van der Waals surface area contributed by atoms with Crippen molar-refractivity contribution in [3.63, 3.8) is 0 Å². The maximum atomic E-state index is 5.22. The van der Waals surface area contributed by atoms with E-state index in [4.69, 9.17) is 12.2 Å². The van der Waals surface area contributed by atoms with Crippen molar-refractivity contribution in [2.24, 2.45) is 0 Å². The van der Waals surface area contributed by atoms with Gasteiger partial charge < -0.3 is 5.32 Å². The molecule has 3 nitrogen and oxygen atoms in total. The van der Waals surface area contributed by atoms with Crippen LogP contribution in [0.5, 0.6) is 0 Å². The van der Waals surface area contributed by atoms with Crippen LogP contribution in [0, 0.1) is 0 Å². The van der Waals surface area contributed by atoms with Crippen LogP contribution in [0.25, 0.3) is 0 Å². The summed E-state index contributed by atoms with van der Waals surface area (Å²) in [5, 5.41) is 3.12. The van der Waals surface area contributed by atoms with Gasteiger partial charge in [-0.3, -0.25) is 9.97 Å². The van der Waals surface area contributed by atoms with Crippen molar-refractivity contribution in [3.8, 4) is 0 Å². The standard InChI is InChI=1S/C12H11N3S/c16-12(11-6-2-4-8-14-11)15-9-10-5-1-3-7-13-10/h1-8H,9H2,(H,15,16). The van der Waals surface area contributed by atoms with Crippen LogP contribution in [0.4, 0.5) is 0 Å². The lowest BCUT2D eigenvalue weighted by Gasteiger charge is -2.06. The molecule has 1 N–H and O–H groups in total. The Hall–Kier alpha value is -1.81. The maximum Gasteiger partial charge on any atom is 0.125 e. The molecule has 4 heteroatoms. The molecule has 0 atom stereocenters. The minimum Gasteiger partial charge on any atom is -0.369 e. The van der Waals surface area contributed by atoms with Gasteiger partial charge in [0.25, 0.3) is 0 Å².